The van der Waals surface area contributed by atoms with Gasteiger partial charge in [0, 0.05) is 12.4 Å². The molecule has 2 aromatic heterocycles. The van der Waals surface area contributed by atoms with Gasteiger partial charge >= 0.3 is 66.7 Å². The van der Waals surface area contributed by atoms with Crippen LogP contribution >= 0.6 is 63.6 Å². The summed E-state index contributed by atoms with van der Waals surface area (Å²) in [4.78, 5) is 8.65. The summed E-state index contributed by atoms with van der Waals surface area (Å²) < 4.78 is 0. The van der Waals surface area contributed by atoms with Gasteiger partial charge in [-0.3, -0.25) is 9.97 Å². The fourth-order valence-electron chi connectivity index (χ4n) is 2.17. The van der Waals surface area contributed by atoms with Crippen molar-refractivity contribution in [3.63, 3.8) is 0 Å². The van der Waals surface area contributed by atoms with Gasteiger partial charge in [-0.25, -0.2) is 0 Å². The Morgan fingerprint density at radius 3 is 1.22 bits per heavy atom. The third-order valence-electron chi connectivity index (χ3n) is 3.30. The molecule has 2 heterocycles. The van der Waals surface area contributed by atoms with E-state index in [1.807, 2.05) is 60.9 Å². The standard InChI is InChI=1S/C18H18N4.CH2Cl2.4ClH.2Cu.H2O/c1-2-10-18(22-14-16-8-4-6-12-20-16)17(9-1)21-13-15-7-3-5-11-19-15;2-1-3;;;;;;;/h1-12,21-22H,13-14H2;1H2;4*1H;;;1H2/q;;;;;;2*+2;/p-4. The Morgan fingerprint density at radius 1 is 0.625 bits per heavy atom. The average Bonchev–Trinajstić information content (AvgIpc) is 2.80. The SMILES string of the molecule is ClCCl.O.[Cl][Cu][Cl].[Cl][Cu][Cl].c1ccc(CNc2ccccc2NCc2ccccn2)nc1. The second-order valence-corrected chi connectivity index (χ2v) is 9.00. The first-order valence-corrected chi connectivity index (χ1v) is 14.5. The number of alkyl halides is 2. The fraction of sp³-hybridized carbons (Fsp3) is 0.158. The Hall–Kier alpha value is -0.141. The summed E-state index contributed by atoms with van der Waals surface area (Å²) in [6.07, 6.45) is 3.62. The summed E-state index contributed by atoms with van der Waals surface area (Å²) in [7, 11) is 18.7. The van der Waals surface area contributed by atoms with Crippen LogP contribution in [0.4, 0.5) is 11.4 Å². The smallest absolute Gasteiger partial charge is 0.0594 e. The minimum absolute atomic E-state index is 0. The third-order valence-corrected chi connectivity index (χ3v) is 3.30. The van der Waals surface area contributed by atoms with E-state index in [0.29, 0.717) is 13.1 Å². The fourth-order valence-corrected chi connectivity index (χ4v) is 2.17. The summed E-state index contributed by atoms with van der Waals surface area (Å²) in [6, 6.07) is 20.0. The van der Waals surface area contributed by atoms with E-state index >= 15 is 0 Å². The van der Waals surface area contributed by atoms with Crippen LogP contribution in [0, 0.1) is 0 Å². The Balaban J connectivity index is 0. The predicted octanol–water partition coefficient (Wildman–Crippen LogP) is 7.05. The van der Waals surface area contributed by atoms with E-state index in [1.165, 1.54) is 0 Å². The first kappa shape index (κ1) is 34.0. The number of halogens is 6. The van der Waals surface area contributed by atoms with Crippen LogP contribution in [0.1, 0.15) is 11.4 Å². The number of para-hydroxylation sites is 2. The second kappa shape index (κ2) is 25.5. The number of aromatic nitrogens is 2. The molecule has 3 rings (SSSR count). The molecule has 32 heavy (non-hydrogen) atoms. The maximum absolute atomic E-state index is 4.76. The Morgan fingerprint density at radius 2 is 0.938 bits per heavy atom. The Labute approximate surface area is 228 Å². The number of nitrogens with zero attached hydrogens (tertiary/aromatic N) is 2. The molecule has 13 heteroatoms. The van der Waals surface area contributed by atoms with E-state index < -0.39 is 0 Å². The van der Waals surface area contributed by atoms with Crippen LogP contribution in [-0.2, 0) is 39.4 Å². The molecule has 0 amide bonds. The third kappa shape index (κ3) is 18.3. The quantitative estimate of drug-likeness (QED) is 0.219. The number of pyridine rings is 2. The molecular weight excluding hydrogens is 640 g/mol. The predicted molar refractivity (Wildman–Crippen MR) is 133 cm³/mol. The van der Waals surface area contributed by atoms with Crippen molar-refractivity contribution < 1.29 is 31.7 Å². The largest absolute Gasteiger partial charge is 0.378 e. The van der Waals surface area contributed by atoms with E-state index in [4.69, 9.17) is 23.2 Å². The van der Waals surface area contributed by atoms with Gasteiger partial charge in [0.1, 0.15) is 0 Å². The van der Waals surface area contributed by atoms with Crippen LogP contribution in [-0.4, -0.2) is 20.8 Å². The molecule has 0 bridgehead atoms. The van der Waals surface area contributed by atoms with Gasteiger partial charge in [0.05, 0.1) is 41.2 Å². The molecule has 5 nitrogen and oxygen atoms in total. The van der Waals surface area contributed by atoms with Crippen molar-refractivity contribution >= 4 is 75.0 Å². The number of anilines is 2. The van der Waals surface area contributed by atoms with Gasteiger partial charge in [-0.05, 0) is 36.4 Å². The van der Waals surface area contributed by atoms with Gasteiger partial charge in [-0.1, -0.05) is 24.3 Å². The van der Waals surface area contributed by atoms with E-state index in [1.54, 1.807) is 0 Å². The van der Waals surface area contributed by atoms with Gasteiger partial charge in [0.2, 0.25) is 0 Å². The zero-order valence-corrected chi connectivity index (χ0v) is 22.7. The molecule has 4 N–H and O–H groups in total. The van der Waals surface area contributed by atoms with Gasteiger partial charge in [0.25, 0.3) is 0 Å². The van der Waals surface area contributed by atoms with Crippen LogP contribution in [0.5, 0.6) is 0 Å². The summed E-state index contributed by atoms with van der Waals surface area (Å²) >= 11 is 11.0. The molecule has 0 saturated heterocycles. The molecule has 0 aliphatic rings. The molecule has 0 saturated carbocycles. The number of hydrogen-bond acceptors (Lipinski definition) is 4. The van der Waals surface area contributed by atoms with Crippen molar-refractivity contribution in [2.75, 3.05) is 16.0 Å². The minimum Gasteiger partial charge on any atom is -0.378 e. The van der Waals surface area contributed by atoms with Gasteiger partial charge in [0.15, 0.2) is 0 Å². The van der Waals surface area contributed by atoms with Crippen molar-refractivity contribution in [1.82, 2.24) is 9.97 Å². The summed E-state index contributed by atoms with van der Waals surface area (Å²) in [5.41, 5.74) is 4.15. The van der Waals surface area contributed by atoms with Crippen molar-refractivity contribution in [2.45, 2.75) is 13.1 Å². The monoisotopic (exact) mass is 658 g/mol. The van der Waals surface area contributed by atoms with Crippen LogP contribution in [0.2, 0.25) is 0 Å². The van der Waals surface area contributed by atoms with Crippen molar-refractivity contribution in [3.8, 4) is 0 Å². The molecule has 0 fully saturated rings. The molecule has 0 atom stereocenters. The number of benzene rings is 1. The van der Waals surface area contributed by atoms with Gasteiger partial charge < -0.3 is 16.1 Å². The molecule has 1 aromatic carbocycles. The molecule has 0 aliphatic heterocycles. The minimum atomic E-state index is 0. The van der Waals surface area contributed by atoms with E-state index in [-0.39, 0.29) is 10.8 Å². The second-order valence-electron chi connectivity index (χ2n) is 5.08. The number of rotatable bonds is 6. The van der Waals surface area contributed by atoms with Crippen molar-refractivity contribution in [2.24, 2.45) is 0 Å². The van der Waals surface area contributed by atoms with E-state index in [2.05, 4.69) is 73.1 Å². The molecule has 0 radical (unpaired) electrons. The van der Waals surface area contributed by atoms with Crippen molar-refractivity contribution in [1.29, 1.82) is 0 Å². The average molecular weight is 662 g/mol. The Bertz CT molecular complexity index is 715. The van der Waals surface area contributed by atoms with Crippen LogP contribution < -0.4 is 10.6 Å². The molecule has 188 valence electrons. The zero-order chi connectivity index (χ0) is 23.2. The maximum atomic E-state index is 4.76. The van der Waals surface area contributed by atoms with Gasteiger partial charge in [-0.2, -0.15) is 0 Å². The summed E-state index contributed by atoms with van der Waals surface area (Å²) in [5, 5.41) is 7.04. The van der Waals surface area contributed by atoms with E-state index in [9.17, 15) is 0 Å². The topological polar surface area (TPSA) is 81.3 Å². The van der Waals surface area contributed by atoms with Crippen molar-refractivity contribution in [3.05, 3.63) is 84.4 Å². The first-order valence-electron chi connectivity index (χ1n) is 8.27. The zero-order valence-electron chi connectivity index (χ0n) is 16.3. The molecule has 0 spiro atoms. The molecular formula is C19H22Cl6Cu2N4O. The summed E-state index contributed by atoms with van der Waals surface area (Å²) in [6.45, 7) is 1.40. The normalized spacial score (nSPS) is 8.94. The Kier molecular flexibility index (Phi) is 27.1. The summed E-state index contributed by atoms with van der Waals surface area (Å²) in [5.74, 6) is 0. The number of nitrogens with one attached hydrogen (secondary N) is 2. The van der Waals surface area contributed by atoms with Crippen LogP contribution in [0.3, 0.4) is 0 Å². The first-order chi connectivity index (χ1) is 15.2. The van der Waals surface area contributed by atoms with E-state index in [0.717, 1.165) is 49.0 Å². The maximum Gasteiger partial charge on any atom is 0.0594 e. The molecule has 3 aromatic rings. The van der Waals surface area contributed by atoms with Crippen LogP contribution in [0.25, 0.3) is 0 Å². The molecule has 0 unspecified atom stereocenters. The van der Waals surface area contributed by atoms with Crippen LogP contribution in [0.15, 0.2) is 73.1 Å². The molecule has 0 aliphatic carbocycles. The number of hydrogen-bond donors (Lipinski definition) is 2. The van der Waals surface area contributed by atoms with Gasteiger partial charge in [-0.15, -0.1) is 23.2 Å².